The van der Waals surface area contributed by atoms with Crippen molar-refractivity contribution >= 4 is 29.5 Å². The predicted molar refractivity (Wildman–Crippen MR) is 171 cm³/mol. The van der Waals surface area contributed by atoms with E-state index in [-0.39, 0.29) is 55.1 Å². The van der Waals surface area contributed by atoms with E-state index in [0.717, 1.165) is 24.8 Å². The van der Waals surface area contributed by atoms with Gasteiger partial charge in [0.05, 0.1) is 6.54 Å². The van der Waals surface area contributed by atoms with Gasteiger partial charge in [-0.15, -0.1) is 0 Å². The van der Waals surface area contributed by atoms with Gasteiger partial charge in [-0.05, 0) is 86.5 Å². The third kappa shape index (κ3) is 8.05. The molecule has 6 rings (SSSR count). The number of nitrogens with one attached hydrogen (secondary N) is 3. The molecule has 0 radical (unpaired) electrons. The summed E-state index contributed by atoms with van der Waals surface area (Å²) in [6.07, 6.45) is 8.17. The second kappa shape index (κ2) is 13.9. The molecule has 10 nitrogen and oxygen atoms in total. The summed E-state index contributed by atoms with van der Waals surface area (Å²) < 4.78 is 0. The quantitative estimate of drug-likeness (QED) is 0.450. The standard InChI is InChI=1S/C35H51N5O5/c1-22(2)12-29-34(45)39(4)23(3)32(43)38-28(16-24-8-6-5-7-9-24)33(44)36-10-11-40(21-30(41)37-29)31(42)20-35-17-25-13-26(18-35)15-27(14-25)19-35/h5-9,22-23,25-29H,10-21H2,1-4H3,(H,36,44)(H,37,41)(H,38,43)/t23-,25?,26?,27?,28-,29-,35?/m0/s1. The van der Waals surface area contributed by atoms with Crippen molar-refractivity contribution in [3.63, 3.8) is 0 Å². The molecule has 3 N–H and O–H groups in total. The normalized spacial score (nSPS) is 32.9. The summed E-state index contributed by atoms with van der Waals surface area (Å²) in [7, 11) is 1.54. The summed E-state index contributed by atoms with van der Waals surface area (Å²) in [4.78, 5) is 70.8. The maximum absolute atomic E-state index is 14.0. The van der Waals surface area contributed by atoms with E-state index in [4.69, 9.17) is 0 Å². The molecule has 5 amide bonds. The second-order valence-electron chi connectivity index (χ2n) is 14.8. The van der Waals surface area contributed by atoms with Crippen molar-refractivity contribution in [2.75, 3.05) is 26.7 Å². The number of carbonyl (C=O) groups excluding carboxylic acids is 5. The molecule has 0 aromatic heterocycles. The van der Waals surface area contributed by atoms with Crippen LogP contribution in [-0.4, -0.2) is 84.1 Å². The molecule has 0 spiro atoms. The highest BCUT2D eigenvalue weighted by atomic mass is 16.2. The Morgan fingerprint density at radius 3 is 2.13 bits per heavy atom. The summed E-state index contributed by atoms with van der Waals surface area (Å²) in [6.45, 7) is 5.67. The fourth-order valence-electron chi connectivity index (χ4n) is 8.74. The smallest absolute Gasteiger partial charge is 0.245 e. The van der Waals surface area contributed by atoms with Crippen LogP contribution in [0, 0.1) is 29.1 Å². The number of carbonyl (C=O) groups is 5. The van der Waals surface area contributed by atoms with Gasteiger partial charge >= 0.3 is 0 Å². The zero-order valence-corrected chi connectivity index (χ0v) is 27.3. The Labute approximate surface area is 267 Å². The number of hydrogen-bond donors (Lipinski definition) is 3. The molecular formula is C35H51N5O5. The first-order valence-corrected chi connectivity index (χ1v) is 16.9. The lowest BCUT2D eigenvalue weighted by Crippen LogP contribution is -2.57. The third-order valence-electron chi connectivity index (χ3n) is 10.6. The molecule has 5 fully saturated rings. The lowest BCUT2D eigenvalue weighted by Gasteiger charge is -2.57. The number of likely N-dealkylation sites (N-methyl/N-ethyl adjacent to an activating group) is 1. The highest BCUT2D eigenvalue weighted by Crippen LogP contribution is 2.61. The zero-order chi connectivity index (χ0) is 32.3. The van der Waals surface area contributed by atoms with Gasteiger partial charge in [0.2, 0.25) is 29.5 Å². The monoisotopic (exact) mass is 621 g/mol. The third-order valence-corrected chi connectivity index (χ3v) is 10.6. The van der Waals surface area contributed by atoms with E-state index < -0.39 is 29.9 Å². The minimum Gasteiger partial charge on any atom is -0.353 e. The number of amides is 5. The molecule has 4 saturated carbocycles. The van der Waals surface area contributed by atoms with Gasteiger partial charge in [0, 0.05) is 33.0 Å². The van der Waals surface area contributed by atoms with Crippen LogP contribution in [0.3, 0.4) is 0 Å². The molecular weight excluding hydrogens is 570 g/mol. The van der Waals surface area contributed by atoms with Gasteiger partial charge in [0.15, 0.2) is 0 Å². The molecule has 0 unspecified atom stereocenters. The molecule has 1 aromatic rings. The van der Waals surface area contributed by atoms with Crippen molar-refractivity contribution in [1.29, 1.82) is 0 Å². The number of hydrogen-bond acceptors (Lipinski definition) is 5. The van der Waals surface area contributed by atoms with Crippen LogP contribution in [-0.2, 0) is 30.4 Å². The van der Waals surface area contributed by atoms with Crippen LogP contribution in [0.1, 0.15) is 77.7 Å². The van der Waals surface area contributed by atoms with E-state index in [1.54, 1.807) is 11.8 Å². The molecule has 4 aliphatic carbocycles. The molecule has 5 aliphatic rings. The Bertz CT molecular complexity index is 1230. The molecule has 1 aromatic carbocycles. The Kier molecular flexibility index (Phi) is 10.2. The van der Waals surface area contributed by atoms with Crippen molar-refractivity contribution in [2.45, 2.75) is 96.7 Å². The van der Waals surface area contributed by atoms with E-state index in [1.165, 1.54) is 31.2 Å². The summed E-state index contributed by atoms with van der Waals surface area (Å²) in [5.74, 6) is 0.502. The van der Waals surface area contributed by atoms with Gasteiger partial charge in [0.25, 0.3) is 0 Å². The predicted octanol–water partition coefficient (Wildman–Crippen LogP) is 2.66. The van der Waals surface area contributed by atoms with Gasteiger partial charge in [-0.1, -0.05) is 44.2 Å². The topological polar surface area (TPSA) is 128 Å². The Hall–Kier alpha value is -3.43. The molecule has 45 heavy (non-hydrogen) atoms. The van der Waals surface area contributed by atoms with Crippen molar-refractivity contribution in [1.82, 2.24) is 25.8 Å². The van der Waals surface area contributed by atoms with Crippen LogP contribution in [0.2, 0.25) is 0 Å². The highest BCUT2D eigenvalue weighted by Gasteiger charge is 2.51. The molecule has 1 saturated heterocycles. The minimum atomic E-state index is -0.877. The molecule has 1 heterocycles. The van der Waals surface area contributed by atoms with Gasteiger partial charge in [0.1, 0.15) is 18.1 Å². The SMILES string of the molecule is CC(C)C[C@@H]1NC(=O)CN(C(=O)CC23CC4CC(CC(C4)C2)C3)CCNC(=O)[C@H](Cc2ccccc2)NC(=O)[C@H](C)N(C)C1=O. The van der Waals surface area contributed by atoms with Crippen molar-refractivity contribution in [3.8, 4) is 0 Å². The average molecular weight is 622 g/mol. The van der Waals surface area contributed by atoms with E-state index in [2.05, 4.69) is 16.0 Å². The van der Waals surface area contributed by atoms with E-state index in [9.17, 15) is 24.0 Å². The summed E-state index contributed by atoms with van der Waals surface area (Å²) in [5.41, 5.74) is 0.884. The van der Waals surface area contributed by atoms with Gasteiger partial charge in [-0.2, -0.15) is 0 Å². The van der Waals surface area contributed by atoms with Gasteiger partial charge in [-0.25, -0.2) is 0 Å². The van der Waals surface area contributed by atoms with Crippen LogP contribution in [0.25, 0.3) is 0 Å². The lowest BCUT2D eigenvalue weighted by molar-refractivity contribution is -0.144. The number of rotatable bonds is 6. The van der Waals surface area contributed by atoms with E-state index in [0.29, 0.717) is 30.6 Å². The average Bonchev–Trinajstić information content (AvgIpc) is 2.97. The van der Waals surface area contributed by atoms with Crippen LogP contribution in [0.4, 0.5) is 0 Å². The fraction of sp³-hybridized carbons (Fsp3) is 0.686. The Morgan fingerprint density at radius 1 is 0.911 bits per heavy atom. The molecule has 246 valence electrons. The first-order chi connectivity index (χ1) is 21.4. The summed E-state index contributed by atoms with van der Waals surface area (Å²) in [5, 5.41) is 8.65. The van der Waals surface area contributed by atoms with E-state index in [1.807, 2.05) is 44.2 Å². The van der Waals surface area contributed by atoms with E-state index >= 15 is 0 Å². The maximum atomic E-state index is 14.0. The van der Waals surface area contributed by atoms with Crippen LogP contribution in [0.5, 0.6) is 0 Å². The molecule has 1 aliphatic heterocycles. The summed E-state index contributed by atoms with van der Waals surface area (Å²) in [6, 6.07) is 6.84. The van der Waals surface area contributed by atoms with Crippen molar-refractivity contribution in [2.24, 2.45) is 29.1 Å². The largest absolute Gasteiger partial charge is 0.353 e. The van der Waals surface area contributed by atoms with Crippen LogP contribution >= 0.6 is 0 Å². The Balaban J connectivity index is 1.37. The highest BCUT2D eigenvalue weighted by molar-refractivity contribution is 5.95. The number of benzene rings is 1. The summed E-state index contributed by atoms with van der Waals surface area (Å²) >= 11 is 0. The maximum Gasteiger partial charge on any atom is 0.245 e. The van der Waals surface area contributed by atoms with Crippen molar-refractivity contribution < 1.29 is 24.0 Å². The number of nitrogens with zero attached hydrogens (tertiary/aromatic N) is 2. The lowest BCUT2D eigenvalue weighted by atomic mass is 9.49. The minimum absolute atomic E-state index is 0.00259. The zero-order valence-electron chi connectivity index (χ0n) is 27.3. The first kappa shape index (κ1) is 32.9. The van der Waals surface area contributed by atoms with Gasteiger partial charge in [-0.3, -0.25) is 24.0 Å². The van der Waals surface area contributed by atoms with Crippen molar-refractivity contribution in [3.05, 3.63) is 35.9 Å². The Morgan fingerprint density at radius 2 is 1.53 bits per heavy atom. The molecule has 3 atom stereocenters. The second-order valence-corrected chi connectivity index (χ2v) is 14.8. The molecule has 4 bridgehead atoms. The van der Waals surface area contributed by atoms with Gasteiger partial charge < -0.3 is 25.8 Å². The fourth-order valence-corrected chi connectivity index (χ4v) is 8.74. The van der Waals surface area contributed by atoms with Crippen LogP contribution in [0.15, 0.2) is 30.3 Å². The molecule has 10 heteroatoms. The van der Waals surface area contributed by atoms with Crippen LogP contribution < -0.4 is 16.0 Å². The first-order valence-electron chi connectivity index (χ1n) is 16.9.